The van der Waals surface area contributed by atoms with Crippen molar-refractivity contribution in [1.29, 1.82) is 0 Å². The van der Waals surface area contributed by atoms with Crippen molar-refractivity contribution in [2.45, 2.75) is 13.5 Å². The van der Waals surface area contributed by atoms with Gasteiger partial charge in [0.05, 0.1) is 5.02 Å². The molecule has 0 aliphatic carbocycles. The zero-order chi connectivity index (χ0) is 24.3. The number of nitrogens with zero attached hydrogens (tertiary/aromatic N) is 4. The molecule has 0 aliphatic rings. The van der Waals surface area contributed by atoms with Gasteiger partial charge in [0.25, 0.3) is 11.8 Å². The van der Waals surface area contributed by atoms with Gasteiger partial charge in [-0.05, 0) is 58.2 Å². The van der Waals surface area contributed by atoms with Gasteiger partial charge in [0, 0.05) is 36.4 Å². The predicted octanol–water partition coefficient (Wildman–Crippen LogP) is 3.83. The second-order valence-corrected chi connectivity index (χ2v) is 8.44. The lowest BCUT2D eigenvalue weighted by atomic mass is 10.0. The van der Waals surface area contributed by atoms with E-state index in [-0.39, 0.29) is 23.6 Å². The van der Waals surface area contributed by atoms with Crippen LogP contribution in [-0.2, 0) is 6.54 Å². The zero-order valence-corrected chi connectivity index (χ0v) is 20.4. The van der Waals surface area contributed by atoms with Crippen molar-refractivity contribution >= 4 is 57.0 Å². The van der Waals surface area contributed by atoms with Crippen molar-refractivity contribution in [3.8, 4) is 5.82 Å². The number of nitrogens with one attached hydrogen (secondary N) is 2. The SMILES string of the molecule is Cc1cc(Cl)cc(C(=O)N(C)NC(=O)O)c1CNC(=O)c1cc(Br)nn1-c1ncccc1Cl. The molecule has 0 fully saturated rings. The number of halogens is 3. The third kappa shape index (κ3) is 5.62. The predicted molar refractivity (Wildman–Crippen MR) is 125 cm³/mol. The third-order valence-electron chi connectivity index (χ3n) is 4.51. The van der Waals surface area contributed by atoms with E-state index in [1.54, 1.807) is 25.1 Å². The van der Waals surface area contributed by atoms with Crippen LogP contribution in [0.5, 0.6) is 0 Å². The van der Waals surface area contributed by atoms with Crippen LogP contribution in [0.15, 0.2) is 41.1 Å². The van der Waals surface area contributed by atoms with Gasteiger partial charge < -0.3 is 10.4 Å². The maximum Gasteiger partial charge on any atom is 0.423 e. The highest BCUT2D eigenvalue weighted by molar-refractivity contribution is 9.10. The number of hydrogen-bond donors (Lipinski definition) is 3. The molecule has 10 nitrogen and oxygen atoms in total. The van der Waals surface area contributed by atoms with E-state index in [1.807, 2.05) is 5.43 Å². The average molecular weight is 556 g/mol. The van der Waals surface area contributed by atoms with Crippen molar-refractivity contribution < 1.29 is 19.5 Å². The van der Waals surface area contributed by atoms with Gasteiger partial charge in [-0.15, -0.1) is 0 Å². The van der Waals surface area contributed by atoms with E-state index in [0.29, 0.717) is 25.8 Å². The summed E-state index contributed by atoms with van der Waals surface area (Å²) in [5.41, 5.74) is 3.37. The molecular formula is C20H17BrCl2N6O4. The Balaban J connectivity index is 1.90. The van der Waals surface area contributed by atoms with Gasteiger partial charge in [0.1, 0.15) is 10.3 Å². The van der Waals surface area contributed by atoms with E-state index in [9.17, 15) is 14.4 Å². The Hall–Kier alpha value is -3.15. The highest BCUT2D eigenvalue weighted by Crippen LogP contribution is 2.23. The van der Waals surface area contributed by atoms with E-state index in [0.717, 1.165) is 5.01 Å². The average Bonchev–Trinajstić information content (AvgIpc) is 3.13. The first-order chi connectivity index (χ1) is 15.6. The number of carbonyl (C=O) groups excluding carboxylic acids is 2. The number of aryl methyl sites for hydroxylation is 1. The van der Waals surface area contributed by atoms with Crippen molar-refractivity contribution in [1.82, 2.24) is 30.5 Å². The normalized spacial score (nSPS) is 10.6. The molecule has 0 saturated carbocycles. The van der Waals surface area contributed by atoms with Gasteiger partial charge in [0.15, 0.2) is 5.82 Å². The van der Waals surface area contributed by atoms with E-state index in [1.165, 1.54) is 30.1 Å². The van der Waals surface area contributed by atoms with E-state index in [4.69, 9.17) is 28.3 Å². The molecule has 172 valence electrons. The number of benzene rings is 1. The van der Waals surface area contributed by atoms with Crippen LogP contribution in [0, 0.1) is 6.92 Å². The summed E-state index contributed by atoms with van der Waals surface area (Å²) in [7, 11) is 1.27. The van der Waals surface area contributed by atoms with E-state index >= 15 is 0 Å². The van der Waals surface area contributed by atoms with Gasteiger partial charge in [-0.25, -0.2) is 19.9 Å². The molecule has 0 spiro atoms. The molecule has 3 amide bonds. The fraction of sp³-hybridized carbons (Fsp3) is 0.150. The topological polar surface area (TPSA) is 129 Å². The summed E-state index contributed by atoms with van der Waals surface area (Å²) in [4.78, 5) is 40.9. The molecule has 3 aromatic rings. The van der Waals surface area contributed by atoms with Gasteiger partial charge in [-0.2, -0.15) is 5.10 Å². The summed E-state index contributed by atoms with van der Waals surface area (Å²) in [5.74, 6) is -0.866. The molecule has 3 rings (SSSR count). The minimum absolute atomic E-state index is 0.0391. The number of pyridine rings is 1. The molecule has 0 bridgehead atoms. The van der Waals surface area contributed by atoms with Crippen LogP contribution < -0.4 is 10.7 Å². The van der Waals surface area contributed by atoms with Crippen molar-refractivity contribution in [2.75, 3.05) is 7.05 Å². The summed E-state index contributed by atoms with van der Waals surface area (Å²) in [6.45, 7) is 1.69. The molecule has 0 radical (unpaired) electrons. The number of carbonyl (C=O) groups is 3. The smallest absolute Gasteiger partial charge is 0.423 e. The van der Waals surface area contributed by atoms with Gasteiger partial charge in [-0.1, -0.05) is 23.2 Å². The molecule has 0 unspecified atom stereocenters. The van der Waals surface area contributed by atoms with Crippen LogP contribution in [0.25, 0.3) is 5.82 Å². The minimum atomic E-state index is -1.40. The molecule has 13 heteroatoms. The highest BCUT2D eigenvalue weighted by Gasteiger charge is 2.22. The Labute approximate surface area is 206 Å². The number of carboxylic acid groups (broad SMARTS) is 1. The van der Waals surface area contributed by atoms with Crippen molar-refractivity contribution in [2.24, 2.45) is 0 Å². The lowest BCUT2D eigenvalue weighted by molar-refractivity contribution is 0.0704. The molecular weight excluding hydrogens is 539 g/mol. The Morgan fingerprint density at radius 2 is 1.97 bits per heavy atom. The number of amides is 3. The molecule has 0 aliphatic heterocycles. The lowest BCUT2D eigenvalue weighted by Gasteiger charge is -2.20. The second kappa shape index (κ2) is 10.2. The maximum absolute atomic E-state index is 13.0. The molecule has 0 saturated heterocycles. The number of hydrazine groups is 1. The van der Waals surface area contributed by atoms with E-state index < -0.39 is 17.9 Å². The first-order valence-electron chi connectivity index (χ1n) is 9.29. The van der Waals surface area contributed by atoms with Crippen LogP contribution in [-0.4, -0.2) is 49.8 Å². The quantitative estimate of drug-likeness (QED) is 0.410. The summed E-state index contributed by atoms with van der Waals surface area (Å²) in [6, 6.07) is 7.83. The van der Waals surface area contributed by atoms with Gasteiger partial charge in [-0.3, -0.25) is 14.6 Å². The molecule has 33 heavy (non-hydrogen) atoms. The Bertz CT molecular complexity index is 1250. The largest absolute Gasteiger partial charge is 0.464 e. The third-order valence-corrected chi connectivity index (χ3v) is 5.41. The van der Waals surface area contributed by atoms with E-state index in [2.05, 4.69) is 31.3 Å². The monoisotopic (exact) mass is 554 g/mol. The summed E-state index contributed by atoms with van der Waals surface area (Å²) >= 11 is 15.6. The van der Waals surface area contributed by atoms with Crippen molar-refractivity contribution in [3.05, 3.63) is 73.6 Å². The minimum Gasteiger partial charge on any atom is -0.464 e. The first-order valence-corrected chi connectivity index (χ1v) is 10.8. The Morgan fingerprint density at radius 1 is 1.24 bits per heavy atom. The van der Waals surface area contributed by atoms with Crippen LogP contribution >= 0.6 is 39.1 Å². The molecule has 2 heterocycles. The van der Waals surface area contributed by atoms with Crippen molar-refractivity contribution in [3.63, 3.8) is 0 Å². The summed E-state index contributed by atoms with van der Waals surface area (Å²) in [5, 5.41) is 17.3. The standard InChI is InChI=1S/C20H17BrCl2N6O4/c1-10-6-11(22)7-12(19(31)28(2)27-20(32)33)13(10)9-25-18(30)15-8-16(21)26-29(15)17-14(23)4-3-5-24-17/h3-8,27H,9H2,1-2H3,(H,25,30)(H,32,33). The first kappa shape index (κ1) is 24.5. The number of hydrogen-bond acceptors (Lipinski definition) is 5. The zero-order valence-electron chi connectivity index (χ0n) is 17.3. The molecule has 2 aromatic heterocycles. The van der Waals surface area contributed by atoms with Gasteiger partial charge in [0.2, 0.25) is 0 Å². The Kier molecular flexibility index (Phi) is 7.57. The lowest BCUT2D eigenvalue weighted by Crippen LogP contribution is -2.43. The summed E-state index contributed by atoms with van der Waals surface area (Å²) in [6.07, 6.45) is 0.126. The van der Waals surface area contributed by atoms with Gasteiger partial charge >= 0.3 is 6.09 Å². The molecule has 3 N–H and O–H groups in total. The van der Waals surface area contributed by atoms with Crippen LogP contribution in [0.4, 0.5) is 4.79 Å². The maximum atomic E-state index is 13.0. The number of rotatable bonds is 5. The van der Waals surface area contributed by atoms with Crippen LogP contribution in [0.3, 0.4) is 0 Å². The summed E-state index contributed by atoms with van der Waals surface area (Å²) < 4.78 is 1.70. The highest BCUT2D eigenvalue weighted by atomic mass is 79.9. The fourth-order valence-electron chi connectivity index (χ4n) is 3.04. The van der Waals surface area contributed by atoms with Crippen LogP contribution in [0.1, 0.15) is 32.0 Å². The van der Waals surface area contributed by atoms with Crippen LogP contribution in [0.2, 0.25) is 10.0 Å². The Morgan fingerprint density at radius 3 is 2.64 bits per heavy atom. The molecule has 0 atom stereocenters. The fourth-order valence-corrected chi connectivity index (χ4v) is 3.89. The molecule has 1 aromatic carbocycles. The number of aromatic nitrogens is 3. The second-order valence-electron chi connectivity index (χ2n) is 6.79.